The molecule has 0 saturated carbocycles. The first kappa shape index (κ1) is 10.4. The van der Waals surface area contributed by atoms with Gasteiger partial charge in [0.05, 0.1) is 0 Å². The fraction of sp³-hybridized carbons (Fsp3) is 0.545. The van der Waals surface area contributed by atoms with Crippen LogP contribution in [-0.4, -0.2) is 49.2 Å². The Hall–Kier alpha value is -1.13. The van der Waals surface area contributed by atoms with Gasteiger partial charge in [0.15, 0.2) is 0 Å². The van der Waals surface area contributed by atoms with E-state index in [1.54, 1.807) is 0 Å². The number of nitrogens with one attached hydrogen (secondary N) is 2. The summed E-state index contributed by atoms with van der Waals surface area (Å²) >= 11 is 0. The first-order valence-corrected chi connectivity index (χ1v) is 5.52. The van der Waals surface area contributed by atoms with Gasteiger partial charge < -0.3 is 10.6 Å². The van der Waals surface area contributed by atoms with Crippen molar-refractivity contribution in [1.82, 2.24) is 15.2 Å². The Kier molecular flexibility index (Phi) is 3.93. The normalized spacial score (nSPS) is 17.6. The number of hydrogen-bond acceptors (Lipinski definition) is 4. The van der Waals surface area contributed by atoms with Crippen LogP contribution in [0.2, 0.25) is 0 Å². The van der Waals surface area contributed by atoms with Crippen molar-refractivity contribution in [2.75, 3.05) is 44.6 Å². The average Bonchev–Trinajstić information content (AvgIpc) is 2.32. The monoisotopic (exact) mass is 206 g/mol. The van der Waals surface area contributed by atoms with Crippen LogP contribution in [0.5, 0.6) is 0 Å². The Bertz CT molecular complexity index is 269. The summed E-state index contributed by atoms with van der Waals surface area (Å²) in [5.74, 6) is 0. The fourth-order valence-corrected chi connectivity index (χ4v) is 1.76. The molecule has 2 heterocycles. The van der Waals surface area contributed by atoms with E-state index in [4.69, 9.17) is 0 Å². The van der Waals surface area contributed by atoms with Crippen LogP contribution in [0.4, 0.5) is 5.69 Å². The molecule has 1 aliphatic heterocycles. The van der Waals surface area contributed by atoms with E-state index in [2.05, 4.69) is 20.5 Å². The van der Waals surface area contributed by atoms with E-state index in [1.165, 1.54) is 0 Å². The lowest BCUT2D eigenvalue weighted by atomic mass is 10.3. The van der Waals surface area contributed by atoms with Crippen LogP contribution in [0, 0.1) is 0 Å². The van der Waals surface area contributed by atoms with Crippen molar-refractivity contribution in [3.63, 3.8) is 0 Å². The van der Waals surface area contributed by atoms with Crippen molar-refractivity contribution in [2.24, 2.45) is 0 Å². The number of nitrogens with zero attached hydrogens (tertiary/aromatic N) is 2. The number of rotatable bonds is 4. The molecule has 0 spiro atoms. The van der Waals surface area contributed by atoms with Gasteiger partial charge >= 0.3 is 0 Å². The molecule has 15 heavy (non-hydrogen) atoms. The van der Waals surface area contributed by atoms with E-state index in [0.717, 1.165) is 45.0 Å². The number of anilines is 1. The van der Waals surface area contributed by atoms with Crippen LogP contribution in [0.25, 0.3) is 0 Å². The quantitative estimate of drug-likeness (QED) is 0.748. The molecule has 1 aromatic heterocycles. The Morgan fingerprint density at radius 2 is 2.00 bits per heavy atom. The molecule has 0 radical (unpaired) electrons. The van der Waals surface area contributed by atoms with Crippen LogP contribution in [0.1, 0.15) is 0 Å². The highest BCUT2D eigenvalue weighted by Gasteiger charge is 2.07. The third kappa shape index (κ3) is 3.49. The van der Waals surface area contributed by atoms with Crippen molar-refractivity contribution < 1.29 is 0 Å². The van der Waals surface area contributed by atoms with E-state index in [9.17, 15) is 0 Å². The molecular formula is C11H18N4. The molecule has 1 aliphatic rings. The second kappa shape index (κ2) is 5.68. The van der Waals surface area contributed by atoms with Gasteiger partial charge in [0, 0.05) is 57.3 Å². The van der Waals surface area contributed by atoms with E-state index >= 15 is 0 Å². The molecule has 0 aliphatic carbocycles. The van der Waals surface area contributed by atoms with Crippen molar-refractivity contribution in [2.45, 2.75) is 0 Å². The summed E-state index contributed by atoms with van der Waals surface area (Å²) in [5.41, 5.74) is 1.15. The number of pyridine rings is 1. The minimum Gasteiger partial charge on any atom is -0.384 e. The maximum Gasteiger partial charge on any atom is 0.0371 e. The van der Waals surface area contributed by atoms with Gasteiger partial charge in [-0.05, 0) is 12.1 Å². The van der Waals surface area contributed by atoms with Crippen molar-refractivity contribution in [3.8, 4) is 0 Å². The molecule has 0 atom stereocenters. The minimum atomic E-state index is 1.00. The third-order valence-corrected chi connectivity index (χ3v) is 2.65. The fourth-order valence-electron chi connectivity index (χ4n) is 1.76. The van der Waals surface area contributed by atoms with Gasteiger partial charge in [-0.15, -0.1) is 0 Å². The predicted molar refractivity (Wildman–Crippen MR) is 62.0 cm³/mol. The van der Waals surface area contributed by atoms with Gasteiger partial charge in [0.25, 0.3) is 0 Å². The zero-order valence-corrected chi connectivity index (χ0v) is 8.95. The van der Waals surface area contributed by atoms with Gasteiger partial charge in [-0.25, -0.2) is 0 Å². The van der Waals surface area contributed by atoms with Crippen LogP contribution in [0.15, 0.2) is 24.5 Å². The van der Waals surface area contributed by atoms with E-state index in [1.807, 2.05) is 24.5 Å². The molecule has 2 rings (SSSR count). The number of hydrogen-bond donors (Lipinski definition) is 2. The highest BCUT2D eigenvalue weighted by atomic mass is 15.2. The van der Waals surface area contributed by atoms with Gasteiger partial charge in [-0.1, -0.05) is 0 Å². The van der Waals surface area contributed by atoms with Crippen LogP contribution in [0.3, 0.4) is 0 Å². The summed E-state index contributed by atoms with van der Waals surface area (Å²) in [4.78, 5) is 6.46. The van der Waals surface area contributed by atoms with Crippen molar-refractivity contribution in [3.05, 3.63) is 24.5 Å². The van der Waals surface area contributed by atoms with E-state index in [0.29, 0.717) is 0 Å². The maximum atomic E-state index is 3.98. The zero-order chi connectivity index (χ0) is 10.3. The van der Waals surface area contributed by atoms with Gasteiger partial charge in [-0.2, -0.15) is 0 Å². The van der Waals surface area contributed by atoms with Crippen molar-refractivity contribution in [1.29, 1.82) is 0 Å². The maximum absolute atomic E-state index is 3.98. The largest absolute Gasteiger partial charge is 0.384 e. The van der Waals surface area contributed by atoms with Crippen molar-refractivity contribution >= 4 is 5.69 Å². The lowest BCUT2D eigenvalue weighted by Gasteiger charge is -2.27. The second-order valence-corrected chi connectivity index (χ2v) is 3.75. The highest BCUT2D eigenvalue weighted by Crippen LogP contribution is 2.02. The predicted octanol–water partition coefficient (Wildman–Crippen LogP) is 0.399. The average molecular weight is 206 g/mol. The smallest absolute Gasteiger partial charge is 0.0371 e. The van der Waals surface area contributed by atoms with Gasteiger partial charge in [-0.3, -0.25) is 9.88 Å². The molecule has 82 valence electrons. The first-order valence-electron chi connectivity index (χ1n) is 5.52. The van der Waals surface area contributed by atoms with Crippen LogP contribution >= 0.6 is 0 Å². The summed E-state index contributed by atoms with van der Waals surface area (Å²) in [6.07, 6.45) is 3.63. The van der Waals surface area contributed by atoms with E-state index < -0.39 is 0 Å². The van der Waals surface area contributed by atoms with Gasteiger partial charge in [0.2, 0.25) is 0 Å². The Balaban J connectivity index is 1.66. The second-order valence-electron chi connectivity index (χ2n) is 3.75. The molecular weight excluding hydrogens is 188 g/mol. The first-order chi connectivity index (χ1) is 7.45. The standard InChI is InChI=1S/C11H18N4/c1-3-12-4-2-11(1)14-7-10-15-8-5-13-6-9-15/h1-4,13H,5-10H2,(H,12,14). The molecule has 4 nitrogen and oxygen atoms in total. The SMILES string of the molecule is c1cc(NCCN2CCNCC2)ccn1. The molecule has 2 N–H and O–H groups in total. The number of piperazine rings is 1. The third-order valence-electron chi connectivity index (χ3n) is 2.65. The molecule has 0 bridgehead atoms. The lowest BCUT2D eigenvalue weighted by molar-refractivity contribution is 0.249. The summed E-state index contributed by atoms with van der Waals surface area (Å²) in [6.45, 7) is 6.69. The Labute approximate surface area is 90.7 Å². The minimum absolute atomic E-state index is 1.00. The summed E-state index contributed by atoms with van der Waals surface area (Å²) in [5, 5.41) is 6.74. The molecule has 1 saturated heterocycles. The molecule has 0 aromatic carbocycles. The summed E-state index contributed by atoms with van der Waals surface area (Å²) in [6, 6.07) is 4.00. The van der Waals surface area contributed by atoms with E-state index in [-0.39, 0.29) is 0 Å². The highest BCUT2D eigenvalue weighted by molar-refractivity contribution is 5.40. The topological polar surface area (TPSA) is 40.2 Å². The Morgan fingerprint density at radius 1 is 1.27 bits per heavy atom. The zero-order valence-electron chi connectivity index (χ0n) is 8.95. The van der Waals surface area contributed by atoms with Crippen LogP contribution < -0.4 is 10.6 Å². The summed E-state index contributed by atoms with van der Waals surface area (Å²) < 4.78 is 0. The van der Waals surface area contributed by atoms with Crippen LogP contribution in [-0.2, 0) is 0 Å². The Morgan fingerprint density at radius 3 is 2.73 bits per heavy atom. The molecule has 0 unspecified atom stereocenters. The molecule has 0 amide bonds. The lowest BCUT2D eigenvalue weighted by Crippen LogP contribution is -2.45. The molecule has 4 heteroatoms. The number of aromatic nitrogens is 1. The molecule has 1 aromatic rings. The summed E-state index contributed by atoms with van der Waals surface area (Å²) in [7, 11) is 0. The van der Waals surface area contributed by atoms with Gasteiger partial charge in [0.1, 0.15) is 0 Å². The molecule has 1 fully saturated rings.